The Labute approximate surface area is 134 Å². The number of ether oxygens (including phenoxy) is 1. The number of aryl methyl sites for hydroxylation is 3. The molecule has 0 saturated heterocycles. The fourth-order valence-corrected chi connectivity index (χ4v) is 2.39. The molecular weight excluding hydrogens is 298 g/mol. The van der Waals surface area contributed by atoms with E-state index in [0.717, 1.165) is 11.5 Å². The average Bonchev–Trinajstić information content (AvgIpc) is 3.04. The van der Waals surface area contributed by atoms with Crippen molar-refractivity contribution >= 4 is 11.9 Å². The van der Waals surface area contributed by atoms with Crippen molar-refractivity contribution in [2.45, 2.75) is 40.7 Å². The Hall–Kier alpha value is -2.57. The number of H-pyrrole nitrogens is 1. The van der Waals surface area contributed by atoms with Crippen molar-refractivity contribution in [3.8, 4) is 0 Å². The number of carbonyl (C=O) groups is 2. The van der Waals surface area contributed by atoms with Crippen molar-refractivity contribution in [3.63, 3.8) is 0 Å². The number of carbonyl (C=O) groups excluding carboxylic acids is 2. The van der Waals surface area contributed by atoms with Gasteiger partial charge in [-0.1, -0.05) is 6.92 Å². The second-order valence-corrected chi connectivity index (χ2v) is 5.26. The predicted octanol–water partition coefficient (Wildman–Crippen LogP) is 2.21. The average molecular weight is 319 g/mol. The number of nitrogens with zero attached hydrogens (tertiary/aromatic N) is 1. The molecule has 0 aromatic carbocycles. The van der Waals surface area contributed by atoms with Crippen molar-refractivity contribution in [2.75, 3.05) is 7.11 Å². The van der Waals surface area contributed by atoms with Gasteiger partial charge < -0.3 is 19.5 Å². The first kappa shape index (κ1) is 16.8. The van der Waals surface area contributed by atoms with Gasteiger partial charge in [0.05, 0.1) is 24.9 Å². The lowest BCUT2D eigenvalue weighted by Gasteiger charge is -2.03. The Morgan fingerprint density at radius 3 is 2.52 bits per heavy atom. The Bertz CT molecular complexity index is 723. The molecule has 1 amide bonds. The second-order valence-electron chi connectivity index (χ2n) is 5.26. The van der Waals surface area contributed by atoms with Gasteiger partial charge in [0.2, 0.25) is 5.89 Å². The number of esters is 1. The third-order valence-electron chi connectivity index (χ3n) is 3.77. The zero-order valence-electron chi connectivity index (χ0n) is 14.0. The molecule has 23 heavy (non-hydrogen) atoms. The molecular formula is C16H21N3O4. The van der Waals surface area contributed by atoms with Gasteiger partial charge in [-0.05, 0) is 32.8 Å². The normalized spacial score (nSPS) is 10.7. The molecule has 7 nitrogen and oxygen atoms in total. The van der Waals surface area contributed by atoms with E-state index in [0.29, 0.717) is 34.8 Å². The van der Waals surface area contributed by atoms with E-state index in [-0.39, 0.29) is 12.5 Å². The summed E-state index contributed by atoms with van der Waals surface area (Å²) in [6.45, 7) is 7.46. The second kappa shape index (κ2) is 6.68. The van der Waals surface area contributed by atoms with Gasteiger partial charge in [0, 0.05) is 5.69 Å². The van der Waals surface area contributed by atoms with Gasteiger partial charge in [0.25, 0.3) is 5.91 Å². The van der Waals surface area contributed by atoms with Gasteiger partial charge in [0.15, 0.2) is 0 Å². The molecule has 0 aliphatic rings. The molecule has 0 fully saturated rings. The molecule has 2 rings (SSSR count). The van der Waals surface area contributed by atoms with Crippen molar-refractivity contribution in [1.29, 1.82) is 0 Å². The molecule has 2 N–H and O–H groups in total. The van der Waals surface area contributed by atoms with Gasteiger partial charge in [-0.15, -0.1) is 0 Å². The quantitative estimate of drug-likeness (QED) is 0.824. The van der Waals surface area contributed by atoms with Crippen LogP contribution in [-0.4, -0.2) is 29.0 Å². The van der Waals surface area contributed by atoms with Crippen LogP contribution in [0.2, 0.25) is 0 Å². The van der Waals surface area contributed by atoms with Gasteiger partial charge in [0.1, 0.15) is 11.5 Å². The number of nitrogens with one attached hydrogen (secondary N) is 2. The molecule has 0 unspecified atom stereocenters. The summed E-state index contributed by atoms with van der Waals surface area (Å²) >= 11 is 0. The Morgan fingerprint density at radius 1 is 1.30 bits per heavy atom. The van der Waals surface area contributed by atoms with E-state index in [4.69, 9.17) is 9.15 Å². The number of rotatable bonds is 5. The first-order valence-electron chi connectivity index (χ1n) is 7.39. The first-order valence-corrected chi connectivity index (χ1v) is 7.39. The predicted molar refractivity (Wildman–Crippen MR) is 83.4 cm³/mol. The molecule has 0 spiro atoms. The van der Waals surface area contributed by atoms with Crippen LogP contribution in [-0.2, 0) is 17.7 Å². The molecule has 0 radical (unpaired) electrons. The van der Waals surface area contributed by atoms with E-state index in [1.165, 1.54) is 7.11 Å². The van der Waals surface area contributed by atoms with E-state index < -0.39 is 5.97 Å². The summed E-state index contributed by atoms with van der Waals surface area (Å²) in [5.74, 6) is 0.405. The summed E-state index contributed by atoms with van der Waals surface area (Å²) in [5, 5.41) is 2.74. The summed E-state index contributed by atoms with van der Waals surface area (Å²) in [6, 6.07) is 0. The maximum Gasteiger partial charge on any atom is 0.339 e. The lowest BCUT2D eigenvalue weighted by atomic mass is 10.1. The monoisotopic (exact) mass is 319 g/mol. The van der Waals surface area contributed by atoms with Crippen LogP contribution in [0.15, 0.2) is 4.42 Å². The van der Waals surface area contributed by atoms with Crippen LogP contribution in [0.25, 0.3) is 0 Å². The number of oxazole rings is 1. The number of aromatic nitrogens is 2. The molecule has 7 heteroatoms. The molecule has 0 bridgehead atoms. The van der Waals surface area contributed by atoms with Crippen molar-refractivity contribution < 1.29 is 18.7 Å². The third-order valence-corrected chi connectivity index (χ3v) is 3.77. The maximum atomic E-state index is 12.4. The molecule has 0 aliphatic heterocycles. The molecule has 124 valence electrons. The van der Waals surface area contributed by atoms with E-state index in [1.54, 1.807) is 6.92 Å². The molecule has 0 saturated carbocycles. The Balaban J connectivity index is 2.19. The number of hydrogen-bond donors (Lipinski definition) is 2. The standard InChI is InChI=1S/C16H21N3O4/c1-6-11-13(16(21)22-5)8(2)14(19-11)15(20)17-7-12-18-9(3)10(4)23-12/h19H,6-7H2,1-5H3,(H,17,20). The maximum absolute atomic E-state index is 12.4. The molecule has 0 aliphatic carbocycles. The van der Waals surface area contributed by atoms with Gasteiger partial charge in [-0.2, -0.15) is 0 Å². The lowest BCUT2D eigenvalue weighted by Crippen LogP contribution is -2.24. The van der Waals surface area contributed by atoms with Crippen LogP contribution in [0.4, 0.5) is 0 Å². The van der Waals surface area contributed by atoms with E-state index >= 15 is 0 Å². The van der Waals surface area contributed by atoms with Crippen LogP contribution in [0.1, 0.15) is 56.4 Å². The summed E-state index contributed by atoms with van der Waals surface area (Å²) in [5.41, 5.74) is 2.82. The van der Waals surface area contributed by atoms with Crippen molar-refractivity contribution in [1.82, 2.24) is 15.3 Å². The van der Waals surface area contributed by atoms with Gasteiger partial charge in [-0.25, -0.2) is 9.78 Å². The van der Waals surface area contributed by atoms with Crippen LogP contribution < -0.4 is 5.32 Å². The molecule has 2 aromatic rings. The highest BCUT2D eigenvalue weighted by Gasteiger charge is 2.23. The summed E-state index contributed by atoms with van der Waals surface area (Å²) in [7, 11) is 1.32. The molecule has 2 aromatic heterocycles. The van der Waals surface area contributed by atoms with Crippen LogP contribution in [0.3, 0.4) is 0 Å². The van der Waals surface area contributed by atoms with Gasteiger partial charge >= 0.3 is 5.97 Å². The largest absolute Gasteiger partial charge is 0.465 e. The first-order chi connectivity index (χ1) is 10.9. The minimum Gasteiger partial charge on any atom is -0.465 e. The van der Waals surface area contributed by atoms with Crippen LogP contribution in [0.5, 0.6) is 0 Å². The lowest BCUT2D eigenvalue weighted by molar-refractivity contribution is 0.0599. The van der Waals surface area contributed by atoms with E-state index in [9.17, 15) is 9.59 Å². The SMILES string of the molecule is CCc1[nH]c(C(=O)NCc2nc(C)c(C)o2)c(C)c1C(=O)OC. The fourth-order valence-electron chi connectivity index (χ4n) is 2.39. The Kier molecular flexibility index (Phi) is 4.88. The minimum absolute atomic E-state index is 0.182. The smallest absolute Gasteiger partial charge is 0.339 e. The van der Waals surface area contributed by atoms with Gasteiger partial charge in [-0.3, -0.25) is 4.79 Å². The summed E-state index contributed by atoms with van der Waals surface area (Å²) in [4.78, 5) is 31.4. The topological polar surface area (TPSA) is 97.2 Å². The summed E-state index contributed by atoms with van der Waals surface area (Å²) < 4.78 is 10.2. The number of amides is 1. The number of aromatic amines is 1. The molecule has 0 atom stereocenters. The minimum atomic E-state index is -0.450. The number of hydrogen-bond acceptors (Lipinski definition) is 5. The fraction of sp³-hybridized carbons (Fsp3) is 0.438. The van der Waals surface area contributed by atoms with Crippen LogP contribution in [0, 0.1) is 20.8 Å². The van der Waals surface area contributed by atoms with Crippen molar-refractivity contribution in [3.05, 3.63) is 39.9 Å². The molecule has 2 heterocycles. The zero-order valence-corrected chi connectivity index (χ0v) is 14.0. The van der Waals surface area contributed by atoms with Crippen LogP contribution >= 0.6 is 0 Å². The summed E-state index contributed by atoms with van der Waals surface area (Å²) in [6.07, 6.45) is 0.594. The van der Waals surface area contributed by atoms with E-state index in [1.807, 2.05) is 20.8 Å². The highest BCUT2D eigenvalue weighted by Crippen LogP contribution is 2.20. The highest BCUT2D eigenvalue weighted by molar-refractivity contribution is 6.00. The number of methoxy groups -OCH3 is 1. The zero-order chi connectivity index (χ0) is 17.1. The highest BCUT2D eigenvalue weighted by atomic mass is 16.5. The third kappa shape index (κ3) is 3.28. The van der Waals surface area contributed by atoms with Crippen molar-refractivity contribution in [2.24, 2.45) is 0 Å². The van der Waals surface area contributed by atoms with E-state index in [2.05, 4.69) is 15.3 Å². The Morgan fingerprint density at radius 2 is 2.00 bits per heavy atom.